The van der Waals surface area contributed by atoms with Crippen LogP contribution < -0.4 is 5.32 Å². The Morgan fingerprint density at radius 3 is 2.55 bits per heavy atom. The fourth-order valence-corrected chi connectivity index (χ4v) is 2.69. The maximum absolute atomic E-state index is 12.3. The summed E-state index contributed by atoms with van der Waals surface area (Å²) in [5.74, 6) is 0.643. The van der Waals surface area contributed by atoms with Crippen molar-refractivity contribution >= 4 is 5.91 Å². The summed E-state index contributed by atoms with van der Waals surface area (Å²) in [5.41, 5.74) is 1.32. The monoisotopic (exact) mass is 309 g/mol. The van der Waals surface area contributed by atoms with Gasteiger partial charge in [0.05, 0.1) is 0 Å². The molecule has 5 nitrogen and oxygen atoms in total. The highest BCUT2D eigenvalue weighted by atomic mass is 16.5. The van der Waals surface area contributed by atoms with Crippen molar-refractivity contribution in [2.75, 3.05) is 26.7 Å². The molecule has 5 heteroatoms. The summed E-state index contributed by atoms with van der Waals surface area (Å²) in [7, 11) is 2.13. The highest BCUT2D eigenvalue weighted by molar-refractivity contribution is 5.93. The molecule has 0 aliphatic heterocycles. The van der Waals surface area contributed by atoms with Crippen LogP contribution in [0.25, 0.3) is 0 Å². The van der Waals surface area contributed by atoms with Gasteiger partial charge in [-0.05, 0) is 38.8 Å². The molecule has 0 aromatic carbocycles. The minimum absolute atomic E-state index is 0.0603. The number of hydrogen-bond acceptors (Lipinski definition) is 4. The van der Waals surface area contributed by atoms with Crippen LogP contribution in [0.5, 0.6) is 0 Å². The maximum atomic E-state index is 12.3. The maximum Gasteiger partial charge on any atom is 0.273 e. The van der Waals surface area contributed by atoms with Gasteiger partial charge in [0, 0.05) is 25.1 Å². The molecule has 0 fully saturated rings. The number of amides is 1. The molecule has 1 unspecified atom stereocenters. The molecule has 1 aromatic rings. The Bertz CT molecular complexity index is 484. The van der Waals surface area contributed by atoms with Gasteiger partial charge in [0.25, 0.3) is 5.91 Å². The highest BCUT2D eigenvalue weighted by Crippen LogP contribution is 2.22. The largest absolute Gasteiger partial charge is 0.360 e. The molecule has 22 heavy (non-hydrogen) atoms. The van der Waals surface area contributed by atoms with Gasteiger partial charge in [-0.2, -0.15) is 0 Å². The van der Waals surface area contributed by atoms with Gasteiger partial charge in [-0.1, -0.05) is 32.9 Å². The standard InChI is InChI=1S/C17H31N3O2/c1-7-10-20(6)12-17(5,9-3)11-18-16(21)15-13(4)14(8-2)22-19-15/h7-12H2,1-6H3,(H,18,21). The van der Waals surface area contributed by atoms with Crippen molar-refractivity contribution < 1.29 is 9.32 Å². The Morgan fingerprint density at radius 2 is 2.05 bits per heavy atom. The van der Waals surface area contributed by atoms with E-state index in [0.717, 1.165) is 43.7 Å². The van der Waals surface area contributed by atoms with E-state index in [1.54, 1.807) is 0 Å². The van der Waals surface area contributed by atoms with Crippen LogP contribution in [0.3, 0.4) is 0 Å². The third-order valence-electron chi connectivity index (χ3n) is 4.34. The first-order valence-electron chi connectivity index (χ1n) is 8.28. The minimum Gasteiger partial charge on any atom is -0.360 e. The van der Waals surface area contributed by atoms with Crippen molar-refractivity contribution in [2.24, 2.45) is 5.41 Å². The first-order chi connectivity index (χ1) is 10.4. The molecule has 0 radical (unpaired) electrons. The third kappa shape index (κ3) is 4.83. The second-order valence-electron chi connectivity index (χ2n) is 6.52. The van der Waals surface area contributed by atoms with Gasteiger partial charge in [0.2, 0.25) is 0 Å². The van der Waals surface area contributed by atoms with Gasteiger partial charge in [0.1, 0.15) is 5.76 Å². The zero-order valence-corrected chi connectivity index (χ0v) is 15.0. The van der Waals surface area contributed by atoms with E-state index in [0.29, 0.717) is 12.2 Å². The third-order valence-corrected chi connectivity index (χ3v) is 4.34. The van der Waals surface area contributed by atoms with Crippen LogP contribution in [0.4, 0.5) is 0 Å². The molecule has 1 N–H and O–H groups in total. The zero-order chi connectivity index (χ0) is 16.8. The Balaban J connectivity index is 2.65. The predicted molar refractivity (Wildman–Crippen MR) is 89.1 cm³/mol. The summed E-state index contributed by atoms with van der Waals surface area (Å²) in [6.45, 7) is 13.1. The van der Waals surface area contributed by atoms with Crippen molar-refractivity contribution in [3.63, 3.8) is 0 Å². The summed E-state index contributed by atoms with van der Waals surface area (Å²) in [5, 5.41) is 6.93. The molecular weight excluding hydrogens is 278 g/mol. The van der Waals surface area contributed by atoms with E-state index < -0.39 is 0 Å². The first-order valence-corrected chi connectivity index (χ1v) is 8.28. The summed E-state index contributed by atoms with van der Waals surface area (Å²) in [6.07, 6.45) is 2.90. The van der Waals surface area contributed by atoms with Gasteiger partial charge >= 0.3 is 0 Å². The lowest BCUT2D eigenvalue weighted by Crippen LogP contribution is -2.42. The topological polar surface area (TPSA) is 58.4 Å². The summed E-state index contributed by atoms with van der Waals surface area (Å²) in [4.78, 5) is 14.6. The number of carbonyl (C=O) groups excluding carboxylic acids is 1. The van der Waals surface area contributed by atoms with E-state index in [-0.39, 0.29) is 11.3 Å². The highest BCUT2D eigenvalue weighted by Gasteiger charge is 2.26. The number of nitrogens with zero attached hydrogens (tertiary/aromatic N) is 2. The van der Waals surface area contributed by atoms with Crippen LogP contribution in [-0.2, 0) is 6.42 Å². The zero-order valence-electron chi connectivity index (χ0n) is 15.0. The van der Waals surface area contributed by atoms with Gasteiger partial charge in [0.15, 0.2) is 5.69 Å². The number of aromatic nitrogens is 1. The average molecular weight is 309 g/mol. The lowest BCUT2D eigenvalue weighted by molar-refractivity contribution is 0.0907. The number of hydrogen-bond donors (Lipinski definition) is 1. The number of carbonyl (C=O) groups is 1. The normalized spacial score (nSPS) is 14.1. The molecule has 0 aliphatic carbocycles. The smallest absolute Gasteiger partial charge is 0.273 e. The molecule has 1 rings (SSSR count). The second kappa shape index (κ2) is 8.32. The van der Waals surface area contributed by atoms with Crippen LogP contribution >= 0.6 is 0 Å². The molecule has 126 valence electrons. The van der Waals surface area contributed by atoms with Crippen LogP contribution in [0.2, 0.25) is 0 Å². The fraction of sp³-hybridized carbons (Fsp3) is 0.765. The lowest BCUT2D eigenvalue weighted by Gasteiger charge is -2.33. The van der Waals surface area contributed by atoms with Crippen LogP contribution in [0.15, 0.2) is 4.52 Å². The molecule has 0 saturated carbocycles. The molecule has 1 aromatic heterocycles. The first kappa shape index (κ1) is 18.7. The van der Waals surface area contributed by atoms with Gasteiger partial charge in [-0.25, -0.2) is 0 Å². The van der Waals surface area contributed by atoms with Crippen LogP contribution in [0.1, 0.15) is 62.3 Å². The van der Waals surface area contributed by atoms with Gasteiger partial charge in [-0.15, -0.1) is 0 Å². The van der Waals surface area contributed by atoms with Crippen molar-refractivity contribution in [3.05, 3.63) is 17.0 Å². The van der Waals surface area contributed by atoms with Crippen molar-refractivity contribution in [1.82, 2.24) is 15.4 Å². The predicted octanol–water partition coefficient (Wildman–Crippen LogP) is 3.03. The van der Waals surface area contributed by atoms with E-state index in [9.17, 15) is 4.79 Å². The molecule has 0 saturated heterocycles. The van der Waals surface area contributed by atoms with E-state index in [4.69, 9.17) is 4.52 Å². The molecule has 1 atom stereocenters. The van der Waals surface area contributed by atoms with Gasteiger partial charge < -0.3 is 14.7 Å². The van der Waals surface area contributed by atoms with E-state index in [1.165, 1.54) is 0 Å². The van der Waals surface area contributed by atoms with Crippen LogP contribution in [-0.4, -0.2) is 42.6 Å². The van der Waals surface area contributed by atoms with Crippen molar-refractivity contribution in [2.45, 2.75) is 53.9 Å². The summed E-state index contributed by atoms with van der Waals surface area (Å²) >= 11 is 0. The Morgan fingerprint density at radius 1 is 1.36 bits per heavy atom. The van der Waals surface area contributed by atoms with Gasteiger partial charge in [-0.3, -0.25) is 4.79 Å². The minimum atomic E-state index is -0.140. The lowest BCUT2D eigenvalue weighted by atomic mass is 9.86. The van der Waals surface area contributed by atoms with E-state index in [2.05, 4.69) is 43.2 Å². The van der Waals surface area contributed by atoms with Crippen molar-refractivity contribution in [1.29, 1.82) is 0 Å². The van der Waals surface area contributed by atoms with E-state index in [1.807, 2.05) is 13.8 Å². The molecule has 1 amide bonds. The molecule has 0 bridgehead atoms. The van der Waals surface area contributed by atoms with Crippen molar-refractivity contribution in [3.8, 4) is 0 Å². The fourth-order valence-electron chi connectivity index (χ4n) is 2.69. The van der Waals surface area contributed by atoms with Crippen LogP contribution in [0, 0.1) is 12.3 Å². The summed E-state index contributed by atoms with van der Waals surface area (Å²) < 4.78 is 5.20. The number of aryl methyl sites for hydroxylation is 1. The molecule has 0 spiro atoms. The quantitative estimate of drug-likeness (QED) is 0.762. The number of nitrogens with one attached hydrogen (secondary N) is 1. The Hall–Kier alpha value is -1.36. The molecular formula is C17H31N3O2. The molecule has 0 aliphatic rings. The summed E-state index contributed by atoms with van der Waals surface area (Å²) in [6, 6.07) is 0. The number of rotatable bonds is 9. The molecule has 1 heterocycles. The SMILES string of the molecule is CCCN(C)CC(C)(CC)CNC(=O)c1noc(CC)c1C. The second-order valence-corrected chi connectivity index (χ2v) is 6.52. The van der Waals surface area contributed by atoms with E-state index >= 15 is 0 Å². The Labute approximate surface area is 134 Å². The Kier molecular flexibility index (Phi) is 7.07. The average Bonchev–Trinajstić information content (AvgIpc) is 2.86.